The lowest BCUT2D eigenvalue weighted by Crippen LogP contribution is -2.47. The van der Waals surface area contributed by atoms with Crippen LogP contribution < -0.4 is 15.4 Å². The van der Waals surface area contributed by atoms with Crippen LogP contribution >= 0.6 is 0 Å². The third-order valence-electron chi connectivity index (χ3n) is 6.42. The zero-order valence-electron chi connectivity index (χ0n) is 19.6. The summed E-state index contributed by atoms with van der Waals surface area (Å²) in [6.45, 7) is 1.95. The SMILES string of the molecule is CNC(=O)c1ccccc1C(=O)CC1c2ccccc2OCC1NC(=O)[C@@H](C)c1ccc(F)cc1. The van der Waals surface area contributed by atoms with Crippen molar-refractivity contribution in [3.8, 4) is 5.75 Å². The highest BCUT2D eigenvalue weighted by Crippen LogP contribution is 2.37. The van der Waals surface area contributed by atoms with E-state index in [1.807, 2.05) is 24.3 Å². The number of nitrogens with one attached hydrogen (secondary N) is 2. The van der Waals surface area contributed by atoms with Crippen LogP contribution in [0.25, 0.3) is 0 Å². The fourth-order valence-electron chi connectivity index (χ4n) is 4.40. The number of amides is 2. The highest BCUT2D eigenvalue weighted by Gasteiger charge is 2.35. The fraction of sp³-hybridized carbons (Fsp3) is 0.250. The number of ketones is 1. The smallest absolute Gasteiger partial charge is 0.251 e. The van der Waals surface area contributed by atoms with E-state index in [0.717, 1.165) is 5.56 Å². The third-order valence-corrected chi connectivity index (χ3v) is 6.42. The Balaban J connectivity index is 1.60. The normalized spacial score (nSPS) is 17.5. The molecule has 7 heteroatoms. The maximum absolute atomic E-state index is 13.4. The van der Waals surface area contributed by atoms with Gasteiger partial charge < -0.3 is 15.4 Å². The summed E-state index contributed by atoms with van der Waals surface area (Å²) in [6, 6.07) is 19.5. The quantitative estimate of drug-likeness (QED) is 0.502. The van der Waals surface area contributed by atoms with Gasteiger partial charge >= 0.3 is 0 Å². The van der Waals surface area contributed by atoms with Crippen molar-refractivity contribution in [2.75, 3.05) is 13.7 Å². The predicted molar refractivity (Wildman–Crippen MR) is 130 cm³/mol. The Morgan fingerprint density at radius 3 is 2.34 bits per heavy atom. The molecule has 1 aliphatic rings. The Kier molecular flexibility index (Phi) is 7.25. The Morgan fingerprint density at radius 1 is 0.971 bits per heavy atom. The number of carbonyl (C=O) groups is 3. The van der Waals surface area contributed by atoms with Gasteiger partial charge in [-0.1, -0.05) is 48.5 Å². The molecule has 0 saturated carbocycles. The van der Waals surface area contributed by atoms with E-state index in [0.29, 0.717) is 22.4 Å². The molecule has 3 aromatic carbocycles. The molecule has 0 aromatic heterocycles. The van der Waals surface area contributed by atoms with Gasteiger partial charge in [0.1, 0.15) is 18.2 Å². The molecule has 4 rings (SSSR count). The summed E-state index contributed by atoms with van der Waals surface area (Å²) in [5.41, 5.74) is 2.16. The number of hydrogen-bond donors (Lipinski definition) is 2. The largest absolute Gasteiger partial charge is 0.491 e. The van der Waals surface area contributed by atoms with E-state index in [4.69, 9.17) is 4.74 Å². The Hall–Kier alpha value is -4.00. The number of fused-ring (bicyclic) bond motifs is 1. The van der Waals surface area contributed by atoms with Crippen LogP contribution in [0.3, 0.4) is 0 Å². The maximum atomic E-state index is 13.4. The zero-order chi connectivity index (χ0) is 24.9. The first-order valence-electron chi connectivity index (χ1n) is 11.5. The van der Waals surface area contributed by atoms with E-state index >= 15 is 0 Å². The molecule has 2 N–H and O–H groups in total. The van der Waals surface area contributed by atoms with Crippen LogP contribution in [0.4, 0.5) is 4.39 Å². The van der Waals surface area contributed by atoms with Crippen molar-refractivity contribution < 1.29 is 23.5 Å². The summed E-state index contributed by atoms with van der Waals surface area (Å²) in [5.74, 6) is -1.34. The molecule has 2 amide bonds. The minimum Gasteiger partial charge on any atom is -0.491 e. The summed E-state index contributed by atoms with van der Waals surface area (Å²) in [4.78, 5) is 38.8. The first-order valence-corrected chi connectivity index (χ1v) is 11.5. The van der Waals surface area contributed by atoms with Gasteiger partial charge in [0.2, 0.25) is 5.91 Å². The van der Waals surface area contributed by atoms with Crippen LogP contribution in [0.15, 0.2) is 72.8 Å². The van der Waals surface area contributed by atoms with E-state index in [-0.39, 0.29) is 42.4 Å². The Bertz CT molecular complexity index is 1240. The van der Waals surface area contributed by atoms with Crippen LogP contribution in [-0.4, -0.2) is 37.3 Å². The van der Waals surface area contributed by atoms with Gasteiger partial charge in [-0.25, -0.2) is 4.39 Å². The average Bonchev–Trinajstić information content (AvgIpc) is 2.89. The van der Waals surface area contributed by atoms with Crippen molar-refractivity contribution >= 4 is 17.6 Å². The van der Waals surface area contributed by atoms with Crippen molar-refractivity contribution in [2.45, 2.75) is 31.2 Å². The summed E-state index contributed by atoms with van der Waals surface area (Å²) >= 11 is 0. The molecule has 1 aliphatic heterocycles. The van der Waals surface area contributed by atoms with E-state index < -0.39 is 12.0 Å². The maximum Gasteiger partial charge on any atom is 0.251 e. The second-order valence-corrected chi connectivity index (χ2v) is 8.60. The van der Waals surface area contributed by atoms with Crippen molar-refractivity contribution in [1.82, 2.24) is 10.6 Å². The molecule has 1 heterocycles. The predicted octanol–water partition coefficient (Wildman–Crippen LogP) is 4.22. The Labute approximate surface area is 203 Å². The van der Waals surface area contributed by atoms with E-state index in [9.17, 15) is 18.8 Å². The lowest BCUT2D eigenvalue weighted by atomic mass is 9.83. The van der Waals surface area contributed by atoms with Crippen molar-refractivity contribution in [1.29, 1.82) is 0 Å². The number of ether oxygens (including phenoxy) is 1. The second-order valence-electron chi connectivity index (χ2n) is 8.60. The van der Waals surface area contributed by atoms with E-state index in [1.54, 1.807) is 43.3 Å². The van der Waals surface area contributed by atoms with Gasteiger partial charge in [-0.15, -0.1) is 0 Å². The number of Topliss-reactive ketones (excluding diaryl/α,β-unsaturated/α-hetero) is 1. The highest BCUT2D eigenvalue weighted by atomic mass is 19.1. The minimum atomic E-state index is -0.516. The van der Waals surface area contributed by atoms with Crippen LogP contribution in [0.5, 0.6) is 5.75 Å². The molecule has 3 atom stereocenters. The molecule has 180 valence electrons. The average molecular weight is 475 g/mol. The van der Waals surface area contributed by atoms with Gasteiger partial charge in [-0.2, -0.15) is 0 Å². The van der Waals surface area contributed by atoms with Gasteiger partial charge in [0.15, 0.2) is 5.78 Å². The first-order chi connectivity index (χ1) is 16.9. The van der Waals surface area contributed by atoms with Crippen LogP contribution in [0.2, 0.25) is 0 Å². The van der Waals surface area contributed by atoms with Crippen LogP contribution in [-0.2, 0) is 4.79 Å². The molecule has 6 nitrogen and oxygen atoms in total. The summed E-state index contributed by atoms with van der Waals surface area (Å²) in [7, 11) is 1.52. The molecule has 0 aliphatic carbocycles. The zero-order valence-corrected chi connectivity index (χ0v) is 19.6. The lowest BCUT2D eigenvalue weighted by molar-refractivity contribution is -0.123. The first kappa shape index (κ1) is 24.1. The van der Waals surface area contributed by atoms with E-state index in [1.165, 1.54) is 19.2 Å². The van der Waals surface area contributed by atoms with E-state index in [2.05, 4.69) is 10.6 Å². The molecule has 0 radical (unpaired) electrons. The molecule has 0 spiro atoms. The Morgan fingerprint density at radius 2 is 1.63 bits per heavy atom. The summed E-state index contributed by atoms with van der Waals surface area (Å²) in [6.07, 6.45) is 0.0876. The topological polar surface area (TPSA) is 84.5 Å². The summed E-state index contributed by atoms with van der Waals surface area (Å²) in [5, 5.41) is 5.61. The number of para-hydroxylation sites is 1. The fourth-order valence-corrected chi connectivity index (χ4v) is 4.40. The molecule has 0 fully saturated rings. The lowest BCUT2D eigenvalue weighted by Gasteiger charge is -2.34. The van der Waals surface area contributed by atoms with Gasteiger partial charge in [0.05, 0.1) is 17.5 Å². The summed E-state index contributed by atoms with van der Waals surface area (Å²) < 4.78 is 19.2. The van der Waals surface area contributed by atoms with Crippen molar-refractivity contribution in [3.05, 3.63) is 101 Å². The highest BCUT2D eigenvalue weighted by molar-refractivity contribution is 6.08. The standard InChI is InChI=1S/C28H27FN2O4/c1-17(18-11-13-19(29)14-12-18)27(33)31-24-16-35-26-10-6-5-8-21(26)23(24)15-25(32)20-7-3-4-9-22(20)28(34)30-2/h3-14,17,23-24H,15-16H2,1-2H3,(H,30,34)(H,31,33)/t17-,23?,24?/m0/s1. The van der Waals surface area contributed by atoms with Gasteiger partial charge in [-0.05, 0) is 42.3 Å². The second kappa shape index (κ2) is 10.5. The number of carbonyl (C=O) groups excluding carboxylic acids is 3. The van der Waals surface area contributed by atoms with Crippen LogP contribution in [0, 0.1) is 5.82 Å². The number of rotatable bonds is 7. The van der Waals surface area contributed by atoms with Gasteiger partial charge in [0, 0.05) is 24.9 Å². The third kappa shape index (κ3) is 5.24. The molecule has 35 heavy (non-hydrogen) atoms. The molecule has 3 aromatic rings. The monoisotopic (exact) mass is 474 g/mol. The van der Waals surface area contributed by atoms with Crippen LogP contribution in [0.1, 0.15) is 57.0 Å². The molecular formula is C28H27FN2O4. The molecule has 2 unspecified atom stereocenters. The molecule has 0 saturated heterocycles. The number of halogens is 1. The number of benzene rings is 3. The number of hydrogen-bond acceptors (Lipinski definition) is 4. The minimum absolute atomic E-state index is 0.0876. The molecular weight excluding hydrogens is 447 g/mol. The molecule has 0 bridgehead atoms. The van der Waals surface area contributed by atoms with Crippen molar-refractivity contribution in [3.63, 3.8) is 0 Å². The van der Waals surface area contributed by atoms with Gasteiger partial charge in [-0.3, -0.25) is 14.4 Å². The van der Waals surface area contributed by atoms with Gasteiger partial charge in [0.25, 0.3) is 5.91 Å². The van der Waals surface area contributed by atoms with Crippen molar-refractivity contribution in [2.24, 2.45) is 0 Å².